The van der Waals surface area contributed by atoms with Crippen LogP contribution >= 0.6 is 22.6 Å². The average Bonchev–Trinajstić information content (AvgIpc) is 2.22. The molecule has 0 aliphatic heterocycles. The Balaban J connectivity index is 2.34. The van der Waals surface area contributed by atoms with E-state index in [1.807, 2.05) is 0 Å². The Morgan fingerprint density at radius 3 is 2.43 bits per heavy atom. The minimum Gasteiger partial charge on any atom is -0.382 e. The average molecular weight is 312 g/mol. The van der Waals surface area contributed by atoms with Crippen LogP contribution in [0.1, 0.15) is 32.6 Å². The van der Waals surface area contributed by atoms with Crippen molar-refractivity contribution < 1.29 is 9.47 Å². The normalized spacial score (nSPS) is 33.2. The van der Waals surface area contributed by atoms with Crippen molar-refractivity contribution in [3.63, 3.8) is 0 Å². The Kier molecular flexibility index (Phi) is 5.71. The highest BCUT2D eigenvalue weighted by atomic mass is 127. The summed E-state index contributed by atoms with van der Waals surface area (Å²) in [5.74, 6) is 0.886. The summed E-state index contributed by atoms with van der Waals surface area (Å²) in [5, 5.41) is 0. The van der Waals surface area contributed by atoms with E-state index in [0.29, 0.717) is 6.61 Å². The van der Waals surface area contributed by atoms with Gasteiger partial charge in [-0.25, -0.2) is 0 Å². The molecule has 84 valence electrons. The fourth-order valence-electron chi connectivity index (χ4n) is 1.95. The zero-order chi connectivity index (χ0) is 10.4. The molecule has 0 saturated heterocycles. The van der Waals surface area contributed by atoms with E-state index in [4.69, 9.17) is 9.47 Å². The standard InChI is InChI=1S/C11H21IO2/c1-10-3-5-11(9-12,6-4-10)14-8-7-13-2/h10H,3-9H2,1-2H3. The monoisotopic (exact) mass is 312 g/mol. The summed E-state index contributed by atoms with van der Waals surface area (Å²) in [5.41, 5.74) is 0.158. The summed E-state index contributed by atoms with van der Waals surface area (Å²) in [6.07, 6.45) is 5.08. The number of ether oxygens (including phenoxy) is 2. The fraction of sp³-hybridized carbons (Fsp3) is 1.00. The van der Waals surface area contributed by atoms with Gasteiger partial charge in [0, 0.05) is 11.5 Å². The molecule has 0 aromatic heterocycles. The van der Waals surface area contributed by atoms with Crippen molar-refractivity contribution in [2.24, 2.45) is 5.92 Å². The molecule has 3 heteroatoms. The molecule has 14 heavy (non-hydrogen) atoms. The molecule has 1 aliphatic rings. The molecule has 0 bridgehead atoms. The van der Waals surface area contributed by atoms with Crippen molar-refractivity contribution in [1.29, 1.82) is 0 Å². The topological polar surface area (TPSA) is 18.5 Å². The zero-order valence-corrected chi connectivity index (χ0v) is 11.4. The van der Waals surface area contributed by atoms with Crippen LogP contribution < -0.4 is 0 Å². The van der Waals surface area contributed by atoms with Crippen molar-refractivity contribution in [3.05, 3.63) is 0 Å². The van der Waals surface area contributed by atoms with Crippen LogP contribution in [0.4, 0.5) is 0 Å². The molecule has 0 aromatic carbocycles. The van der Waals surface area contributed by atoms with Gasteiger partial charge in [-0.05, 0) is 31.6 Å². The molecule has 0 radical (unpaired) electrons. The van der Waals surface area contributed by atoms with Gasteiger partial charge in [0.05, 0.1) is 18.8 Å². The summed E-state index contributed by atoms with van der Waals surface area (Å²) in [6, 6.07) is 0. The maximum atomic E-state index is 5.98. The summed E-state index contributed by atoms with van der Waals surface area (Å²) in [4.78, 5) is 0. The molecule has 1 saturated carbocycles. The number of hydrogen-bond donors (Lipinski definition) is 0. The first-order valence-corrected chi connectivity index (χ1v) is 6.94. The lowest BCUT2D eigenvalue weighted by Gasteiger charge is -2.38. The predicted octanol–water partition coefficient (Wildman–Crippen LogP) is 3.03. The van der Waals surface area contributed by atoms with Gasteiger partial charge in [-0.3, -0.25) is 0 Å². The molecule has 0 atom stereocenters. The van der Waals surface area contributed by atoms with E-state index in [2.05, 4.69) is 29.5 Å². The van der Waals surface area contributed by atoms with Crippen LogP contribution in [-0.4, -0.2) is 30.4 Å². The smallest absolute Gasteiger partial charge is 0.0772 e. The lowest BCUT2D eigenvalue weighted by Crippen LogP contribution is -2.39. The largest absolute Gasteiger partial charge is 0.382 e. The number of methoxy groups -OCH3 is 1. The van der Waals surface area contributed by atoms with Crippen LogP contribution in [0.25, 0.3) is 0 Å². The van der Waals surface area contributed by atoms with Gasteiger partial charge in [-0.2, -0.15) is 0 Å². The Morgan fingerprint density at radius 2 is 1.93 bits per heavy atom. The molecule has 1 fully saturated rings. The second kappa shape index (κ2) is 6.28. The van der Waals surface area contributed by atoms with Gasteiger partial charge in [0.15, 0.2) is 0 Å². The number of hydrogen-bond acceptors (Lipinski definition) is 2. The maximum absolute atomic E-state index is 5.98. The Morgan fingerprint density at radius 1 is 1.29 bits per heavy atom. The Labute approximate surface area is 101 Å². The lowest BCUT2D eigenvalue weighted by molar-refractivity contribution is -0.0723. The first kappa shape index (κ1) is 12.7. The highest BCUT2D eigenvalue weighted by Gasteiger charge is 2.33. The fourth-order valence-corrected chi connectivity index (χ4v) is 2.93. The molecule has 0 amide bonds. The molecule has 0 unspecified atom stereocenters. The molecule has 2 nitrogen and oxygen atoms in total. The molecular weight excluding hydrogens is 291 g/mol. The number of alkyl halides is 1. The Hall–Kier alpha value is 0.650. The first-order chi connectivity index (χ1) is 6.72. The van der Waals surface area contributed by atoms with Gasteiger partial charge >= 0.3 is 0 Å². The van der Waals surface area contributed by atoms with Crippen LogP contribution in [0.2, 0.25) is 0 Å². The molecule has 0 aromatic rings. The second-order valence-electron chi connectivity index (χ2n) is 4.34. The predicted molar refractivity (Wildman–Crippen MR) is 67.1 cm³/mol. The van der Waals surface area contributed by atoms with E-state index in [0.717, 1.165) is 17.0 Å². The van der Waals surface area contributed by atoms with E-state index in [1.54, 1.807) is 7.11 Å². The summed E-state index contributed by atoms with van der Waals surface area (Å²) in [6.45, 7) is 3.80. The Bertz CT molecular complexity index is 153. The van der Waals surface area contributed by atoms with Crippen molar-refractivity contribution in [2.75, 3.05) is 24.8 Å². The first-order valence-electron chi connectivity index (χ1n) is 5.41. The summed E-state index contributed by atoms with van der Waals surface area (Å²) >= 11 is 2.45. The summed E-state index contributed by atoms with van der Waals surface area (Å²) < 4.78 is 12.1. The molecule has 0 spiro atoms. The zero-order valence-electron chi connectivity index (χ0n) is 9.22. The van der Waals surface area contributed by atoms with Crippen molar-refractivity contribution in [2.45, 2.75) is 38.2 Å². The quantitative estimate of drug-likeness (QED) is 0.441. The van der Waals surface area contributed by atoms with Gasteiger partial charge in [-0.1, -0.05) is 29.5 Å². The maximum Gasteiger partial charge on any atom is 0.0772 e. The second-order valence-corrected chi connectivity index (χ2v) is 5.10. The van der Waals surface area contributed by atoms with Crippen LogP contribution in [0.15, 0.2) is 0 Å². The molecular formula is C11H21IO2. The van der Waals surface area contributed by atoms with E-state index in [-0.39, 0.29) is 5.60 Å². The SMILES string of the molecule is COCCOC1(CI)CCC(C)CC1. The lowest BCUT2D eigenvalue weighted by atomic mass is 9.80. The highest BCUT2D eigenvalue weighted by Crippen LogP contribution is 2.36. The van der Waals surface area contributed by atoms with Gasteiger partial charge in [0.2, 0.25) is 0 Å². The minimum absolute atomic E-state index is 0.158. The number of halogens is 1. The van der Waals surface area contributed by atoms with E-state index < -0.39 is 0 Å². The van der Waals surface area contributed by atoms with Crippen LogP contribution in [-0.2, 0) is 9.47 Å². The van der Waals surface area contributed by atoms with Crippen molar-refractivity contribution in [1.82, 2.24) is 0 Å². The number of rotatable bonds is 5. The van der Waals surface area contributed by atoms with Crippen LogP contribution in [0, 0.1) is 5.92 Å². The third-order valence-electron chi connectivity index (χ3n) is 3.12. The van der Waals surface area contributed by atoms with Gasteiger partial charge < -0.3 is 9.47 Å². The van der Waals surface area contributed by atoms with Crippen molar-refractivity contribution in [3.8, 4) is 0 Å². The third kappa shape index (κ3) is 3.66. The molecule has 0 heterocycles. The van der Waals surface area contributed by atoms with E-state index in [1.165, 1.54) is 25.7 Å². The highest BCUT2D eigenvalue weighted by molar-refractivity contribution is 14.1. The molecule has 1 aliphatic carbocycles. The van der Waals surface area contributed by atoms with Gasteiger partial charge in [0.1, 0.15) is 0 Å². The van der Waals surface area contributed by atoms with E-state index >= 15 is 0 Å². The van der Waals surface area contributed by atoms with Gasteiger partial charge in [0.25, 0.3) is 0 Å². The minimum atomic E-state index is 0.158. The van der Waals surface area contributed by atoms with Gasteiger partial charge in [-0.15, -0.1) is 0 Å². The van der Waals surface area contributed by atoms with Crippen molar-refractivity contribution >= 4 is 22.6 Å². The molecule has 1 rings (SSSR count). The third-order valence-corrected chi connectivity index (χ3v) is 4.51. The van der Waals surface area contributed by atoms with E-state index in [9.17, 15) is 0 Å². The summed E-state index contributed by atoms with van der Waals surface area (Å²) in [7, 11) is 1.73. The molecule has 0 N–H and O–H groups in total. The van der Waals surface area contributed by atoms with Crippen LogP contribution in [0.5, 0.6) is 0 Å². The van der Waals surface area contributed by atoms with Crippen LogP contribution in [0.3, 0.4) is 0 Å².